The van der Waals surface area contributed by atoms with Crippen molar-refractivity contribution < 1.29 is 90.7 Å². The van der Waals surface area contributed by atoms with Crippen molar-refractivity contribution in [2.24, 2.45) is 22.9 Å². The Balaban J connectivity index is 1.51. The zero-order chi connectivity index (χ0) is 55.8. The van der Waals surface area contributed by atoms with Crippen LogP contribution in [0.3, 0.4) is 0 Å². The molecule has 1 N–H and O–H groups in total. The molecule has 0 radical (unpaired) electrons. The average Bonchev–Trinajstić information content (AvgIpc) is 3.41. The molecule has 0 saturated carbocycles. The molecule has 0 amide bonds. The Morgan fingerprint density at radius 1 is 0.701 bits per heavy atom. The van der Waals surface area contributed by atoms with Crippen LogP contribution in [0.5, 0.6) is 0 Å². The van der Waals surface area contributed by atoms with Crippen molar-refractivity contribution in [1.29, 1.82) is 0 Å². The number of nitrogens with zero attached hydrogens (tertiary/aromatic N) is 3. The van der Waals surface area contributed by atoms with Crippen LogP contribution in [-0.4, -0.2) is 147 Å². The van der Waals surface area contributed by atoms with E-state index in [1.807, 2.05) is 13.8 Å². The van der Waals surface area contributed by atoms with Gasteiger partial charge in [-0.3, -0.25) is 14.4 Å². The third-order valence-electron chi connectivity index (χ3n) is 13.6. The lowest BCUT2D eigenvalue weighted by molar-refractivity contribution is -0.386. The lowest BCUT2D eigenvalue weighted by atomic mass is 9.84. The number of aliphatic hydroxyl groups excluding tert-OH is 1. The highest BCUT2D eigenvalue weighted by molar-refractivity contribution is 5.90. The van der Waals surface area contributed by atoms with Crippen LogP contribution >= 0.6 is 0 Å². The second-order valence-corrected chi connectivity index (χ2v) is 19.3. The van der Waals surface area contributed by atoms with Gasteiger partial charge >= 0.3 is 35.8 Å². The standard InChI is InChI=1S/C55H69N3O19/c1-9-40(68-34(5)60)46(70-36(7)62)45-33(4)41(69-35(6)61)28-55(8,76-45)77-48-47(73-51(64)38-22-15-11-16-23-38)43(30-67-50(63)37-20-13-10-14-21-37)72-54(49(48)74-52(65)39-24-17-12-18-25-39)75-44-31(2)32(3)53(71-42(44)29-59)66-27-19-26-57-58-56/h10-18,20-25,31-33,40-49,53-54,59H,9,19,26-30H2,1-8H3/t31-,32?,33-,40-,41-,42?,43?,44+,45?,46-,47+,48+,49?,53-,54+,55-/m1/s1. The molecule has 3 aliphatic rings. The Kier molecular flexibility index (Phi) is 21.9. The van der Waals surface area contributed by atoms with Crippen LogP contribution in [0.15, 0.2) is 96.1 Å². The number of ether oxygens (including phenoxy) is 12. The predicted octanol–water partition coefficient (Wildman–Crippen LogP) is 6.84. The first-order chi connectivity index (χ1) is 36.9. The van der Waals surface area contributed by atoms with Crippen molar-refractivity contribution in [3.63, 3.8) is 0 Å². The number of esters is 6. The maximum Gasteiger partial charge on any atom is 0.338 e. The normalized spacial score (nSPS) is 29.8. The maximum atomic E-state index is 14.5. The van der Waals surface area contributed by atoms with Crippen LogP contribution < -0.4 is 0 Å². The van der Waals surface area contributed by atoms with Gasteiger partial charge < -0.3 is 61.9 Å². The molecule has 3 aromatic rings. The van der Waals surface area contributed by atoms with Gasteiger partial charge in [-0.1, -0.05) is 87.4 Å². The molecule has 0 bridgehead atoms. The zero-order valence-corrected chi connectivity index (χ0v) is 44.4. The SMILES string of the molecule is CC[C@@H](OC(C)=O)[C@@H](OC(C)=O)C1O[C@](C)(O[C@@H]2C(OC(=O)c3ccccc3)[C@H](O[C@@H]3C(CO)O[C@@H](OCCCN=[N+]=[N-])C(C)[C@H]3C)OC(COC(=O)c3ccccc3)[C@@H]2OC(=O)c2ccccc2)C[C@@H](OC(C)=O)[C@H]1C. The number of benzene rings is 3. The molecule has 3 saturated heterocycles. The Labute approximate surface area is 446 Å². The molecular formula is C55H69N3O19. The predicted molar refractivity (Wildman–Crippen MR) is 269 cm³/mol. The molecule has 0 spiro atoms. The molecule has 3 heterocycles. The molecule has 418 valence electrons. The summed E-state index contributed by atoms with van der Waals surface area (Å²) in [5, 5.41) is 14.5. The number of carbonyl (C=O) groups is 6. The second kappa shape index (κ2) is 28.2. The fraction of sp³-hybridized carbons (Fsp3) is 0.564. The van der Waals surface area contributed by atoms with Crippen LogP contribution in [0.1, 0.15) is 106 Å². The van der Waals surface area contributed by atoms with Gasteiger partial charge in [-0.15, -0.1) is 0 Å². The highest BCUT2D eigenvalue weighted by Crippen LogP contribution is 2.44. The molecule has 0 aliphatic carbocycles. The minimum atomic E-state index is -1.98. The van der Waals surface area contributed by atoms with Crippen molar-refractivity contribution in [2.45, 2.75) is 154 Å². The van der Waals surface area contributed by atoms with E-state index < -0.39 is 146 Å². The summed E-state index contributed by atoms with van der Waals surface area (Å²) in [7, 11) is 0. The van der Waals surface area contributed by atoms with Crippen LogP contribution in [0.25, 0.3) is 10.4 Å². The van der Waals surface area contributed by atoms with Gasteiger partial charge in [0, 0.05) is 57.1 Å². The first-order valence-electron chi connectivity index (χ1n) is 25.7. The summed E-state index contributed by atoms with van der Waals surface area (Å²) in [4.78, 5) is 83.7. The van der Waals surface area contributed by atoms with Gasteiger partial charge in [-0.05, 0) is 67.6 Å². The van der Waals surface area contributed by atoms with Gasteiger partial charge in [0.05, 0.1) is 29.4 Å². The molecular weight excluding hydrogens is 1010 g/mol. The summed E-state index contributed by atoms with van der Waals surface area (Å²) in [6, 6.07) is 24.0. The number of rotatable bonds is 23. The largest absolute Gasteiger partial charge is 0.462 e. The molecule has 22 nitrogen and oxygen atoms in total. The summed E-state index contributed by atoms with van der Waals surface area (Å²) in [6.07, 6.45) is -15.7. The maximum absolute atomic E-state index is 14.5. The number of hydrogen-bond donors (Lipinski definition) is 1. The molecule has 3 fully saturated rings. The molecule has 3 aliphatic heterocycles. The number of carbonyl (C=O) groups excluding carboxylic acids is 6. The van der Waals surface area contributed by atoms with E-state index in [-0.39, 0.29) is 42.7 Å². The first-order valence-corrected chi connectivity index (χ1v) is 25.7. The fourth-order valence-electron chi connectivity index (χ4n) is 9.65. The van der Waals surface area contributed by atoms with Gasteiger partial charge in [0.1, 0.15) is 43.2 Å². The molecule has 22 heteroatoms. The lowest BCUT2D eigenvalue weighted by Gasteiger charge is -2.52. The molecule has 5 unspecified atom stereocenters. The van der Waals surface area contributed by atoms with Gasteiger partial charge in [0.2, 0.25) is 0 Å². The van der Waals surface area contributed by atoms with Crippen LogP contribution in [-0.2, 0) is 71.2 Å². The van der Waals surface area contributed by atoms with E-state index >= 15 is 0 Å². The van der Waals surface area contributed by atoms with E-state index in [4.69, 9.17) is 62.4 Å². The van der Waals surface area contributed by atoms with Crippen LogP contribution in [0.4, 0.5) is 0 Å². The summed E-state index contributed by atoms with van der Waals surface area (Å²) in [6.45, 7) is 11.3. The van der Waals surface area contributed by atoms with Gasteiger partial charge in [0.15, 0.2) is 36.7 Å². The highest BCUT2D eigenvalue weighted by Gasteiger charge is 2.59. The van der Waals surface area contributed by atoms with Crippen molar-refractivity contribution in [1.82, 2.24) is 0 Å². The van der Waals surface area contributed by atoms with Gasteiger partial charge in [0.25, 0.3) is 0 Å². The average molecular weight is 1080 g/mol. The zero-order valence-electron chi connectivity index (χ0n) is 44.4. The van der Waals surface area contributed by atoms with Crippen molar-refractivity contribution in [3.8, 4) is 0 Å². The van der Waals surface area contributed by atoms with Crippen molar-refractivity contribution in [3.05, 3.63) is 118 Å². The second-order valence-electron chi connectivity index (χ2n) is 19.3. The Bertz CT molecular complexity index is 2480. The molecule has 77 heavy (non-hydrogen) atoms. The summed E-state index contributed by atoms with van der Waals surface area (Å²) < 4.78 is 76.2. The van der Waals surface area contributed by atoms with Gasteiger partial charge in [-0.25, -0.2) is 14.4 Å². The Morgan fingerprint density at radius 3 is 1.79 bits per heavy atom. The third kappa shape index (κ3) is 16.0. The summed E-state index contributed by atoms with van der Waals surface area (Å²) >= 11 is 0. The van der Waals surface area contributed by atoms with E-state index in [0.717, 1.165) is 0 Å². The third-order valence-corrected chi connectivity index (χ3v) is 13.6. The van der Waals surface area contributed by atoms with Gasteiger partial charge in [-0.2, -0.15) is 0 Å². The minimum Gasteiger partial charge on any atom is -0.462 e. The number of azide groups is 1. The summed E-state index contributed by atoms with van der Waals surface area (Å²) in [5.41, 5.74) is 9.10. The lowest BCUT2D eigenvalue weighted by Crippen LogP contribution is -2.67. The molecule has 3 aromatic carbocycles. The summed E-state index contributed by atoms with van der Waals surface area (Å²) in [5.74, 6) is -8.32. The molecule has 0 aromatic heterocycles. The fourth-order valence-corrected chi connectivity index (χ4v) is 9.65. The van der Waals surface area contributed by atoms with E-state index in [9.17, 15) is 33.9 Å². The Hall–Kier alpha value is -6.49. The smallest absolute Gasteiger partial charge is 0.338 e. The van der Waals surface area contributed by atoms with Crippen LogP contribution in [0.2, 0.25) is 0 Å². The quantitative estimate of drug-likeness (QED) is 0.0254. The van der Waals surface area contributed by atoms with E-state index in [0.29, 0.717) is 6.42 Å². The van der Waals surface area contributed by atoms with Crippen LogP contribution in [0, 0.1) is 17.8 Å². The first kappa shape index (κ1) is 59.7. The monoisotopic (exact) mass is 1080 g/mol. The minimum absolute atomic E-state index is 0.0858. The molecule has 6 rings (SSSR count). The van der Waals surface area contributed by atoms with Crippen molar-refractivity contribution in [2.75, 3.05) is 26.4 Å². The Morgan fingerprint density at radius 2 is 1.26 bits per heavy atom. The highest BCUT2D eigenvalue weighted by atomic mass is 16.8. The van der Waals surface area contributed by atoms with E-state index in [1.165, 1.54) is 64.1 Å². The number of hydrogen-bond acceptors (Lipinski definition) is 20. The van der Waals surface area contributed by atoms with E-state index in [2.05, 4.69) is 10.0 Å². The van der Waals surface area contributed by atoms with Crippen molar-refractivity contribution >= 4 is 35.8 Å². The van der Waals surface area contributed by atoms with E-state index in [1.54, 1.807) is 68.4 Å². The topological polar surface area (TPSA) is 282 Å². The number of aliphatic hydroxyl groups is 1. The molecule has 16 atom stereocenters.